The maximum atomic E-state index is 14.6. The molecule has 3 aliphatic rings. The van der Waals surface area contributed by atoms with Crippen molar-refractivity contribution in [3.63, 3.8) is 0 Å². The Bertz CT molecular complexity index is 1220. The fourth-order valence-electron chi connectivity index (χ4n) is 5.37. The number of carbonyl (C=O) groups is 1. The normalized spacial score (nSPS) is 27.3. The predicted octanol–water partition coefficient (Wildman–Crippen LogP) is 6.07. The summed E-state index contributed by atoms with van der Waals surface area (Å²) in [6.07, 6.45) is 1.33. The van der Waals surface area contributed by atoms with Gasteiger partial charge in [-0.2, -0.15) is 15.9 Å². The van der Waals surface area contributed by atoms with E-state index in [2.05, 4.69) is 61.3 Å². The number of alkyl halides is 1. The lowest BCUT2D eigenvalue weighted by molar-refractivity contribution is -0.128. The summed E-state index contributed by atoms with van der Waals surface area (Å²) in [4.78, 5) is 21.6. The van der Waals surface area contributed by atoms with E-state index in [1.165, 1.54) is 0 Å². The molecule has 1 aliphatic heterocycles. The van der Waals surface area contributed by atoms with E-state index < -0.39 is 28.2 Å². The largest absolute Gasteiger partial charge is 0.368 e. The van der Waals surface area contributed by atoms with Gasteiger partial charge in [-0.15, -0.1) is 11.3 Å². The molecule has 1 saturated heterocycles. The Morgan fingerprint density at radius 1 is 1.21 bits per heavy atom. The number of benzene rings is 1. The van der Waals surface area contributed by atoms with Gasteiger partial charge in [0.25, 0.3) is 0 Å². The zero-order valence-electron chi connectivity index (χ0n) is 22.2. The van der Waals surface area contributed by atoms with Crippen molar-refractivity contribution in [2.24, 2.45) is 5.92 Å². The number of aromatic nitrogens is 1. The van der Waals surface area contributed by atoms with Gasteiger partial charge in [-0.1, -0.05) is 32.9 Å². The van der Waals surface area contributed by atoms with Gasteiger partial charge in [0, 0.05) is 36.0 Å². The molecule has 3 N–H and O–H groups in total. The average molecular weight is 561 g/mol. The van der Waals surface area contributed by atoms with E-state index in [9.17, 15) is 23.6 Å². The lowest BCUT2D eigenvalue weighted by Gasteiger charge is -2.41. The molecule has 5 rings (SSSR count). The lowest BCUT2D eigenvalue weighted by Crippen LogP contribution is -2.44. The fourth-order valence-corrected chi connectivity index (χ4v) is 7.80. The van der Waals surface area contributed by atoms with E-state index in [-0.39, 0.29) is 23.7 Å². The minimum absolute atomic E-state index is 0.146. The first-order chi connectivity index (χ1) is 17.9. The van der Waals surface area contributed by atoms with Gasteiger partial charge < -0.3 is 10.2 Å². The SMILES string of the molecule is CC(C)(C)c1nc([C@@H]2CC[C@H](F)C[C@H]2C(=O)NC2(C#N)CC2)c(-c2ccc(N3CCS(O)(O)CC3)cc2)s1. The van der Waals surface area contributed by atoms with Crippen LogP contribution in [0.4, 0.5) is 10.1 Å². The molecule has 2 aliphatic carbocycles. The molecule has 0 unspecified atom stereocenters. The average Bonchev–Trinajstić information content (AvgIpc) is 3.49. The summed E-state index contributed by atoms with van der Waals surface area (Å²) >= 11 is 1.63. The van der Waals surface area contributed by atoms with E-state index in [0.717, 1.165) is 26.8 Å². The Balaban J connectivity index is 1.46. The number of rotatable bonds is 5. The number of nitrogens with zero attached hydrogens (tertiary/aromatic N) is 3. The lowest BCUT2D eigenvalue weighted by atomic mass is 9.75. The first kappa shape index (κ1) is 27.4. The molecule has 206 valence electrons. The molecular formula is C28H37FN4O3S2. The van der Waals surface area contributed by atoms with Crippen molar-refractivity contribution in [3.05, 3.63) is 35.0 Å². The summed E-state index contributed by atoms with van der Waals surface area (Å²) < 4.78 is 34.5. The molecule has 3 fully saturated rings. The second kappa shape index (κ2) is 10.1. The van der Waals surface area contributed by atoms with Crippen LogP contribution < -0.4 is 10.2 Å². The second-order valence-electron chi connectivity index (χ2n) is 12.0. The molecule has 2 aromatic rings. The third kappa shape index (κ3) is 5.71. The van der Waals surface area contributed by atoms with Crippen LogP contribution >= 0.6 is 21.9 Å². The maximum Gasteiger partial charge on any atom is 0.225 e. The van der Waals surface area contributed by atoms with Gasteiger partial charge in [0.1, 0.15) is 11.7 Å². The Labute approximate surface area is 229 Å². The maximum absolute atomic E-state index is 14.6. The van der Waals surface area contributed by atoms with Crippen molar-refractivity contribution in [1.29, 1.82) is 5.26 Å². The summed E-state index contributed by atoms with van der Waals surface area (Å²) in [5, 5.41) is 13.4. The van der Waals surface area contributed by atoms with Crippen LogP contribution in [0.1, 0.15) is 69.5 Å². The number of amides is 1. The van der Waals surface area contributed by atoms with E-state index in [4.69, 9.17) is 4.98 Å². The first-order valence-electron chi connectivity index (χ1n) is 13.4. The predicted molar refractivity (Wildman–Crippen MR) is 152 cm³/mol. The van der Waals surface area contributed by atoms with Crippen LogP contribution in [0.3, 0.4) is 0 Å². The highest BCUT2D eigenvalue weighted by Gasteiger charge is 2.48. The smallest absolute Gasteiger partial charge is 0.225 e. The zero-order chi connectivity index (χ0) is 27.3. The number of nitriles is 1. The quantitative estimate of drug-likeness (QED) is 0.409. The van der Waals surface area contributed by atoms with Gasteiger partial charge in [0.05, 0.1) is 33.2 Å². The van der Waals surface area contributed by atoms with Crippen LogP contribution in [0.5, 0.6) is 0 Å². The number of nitrogens with one attached hydrogen (secondary N) is 1. The molecular weight excluding hydrogens is 523 g/mol. The highest BCUT2D eigenvalue weighted by Crippen LogP contribution is 2.47. The Morgan fingerprint density at radius 3 is 2.45 bits per heavy atom. The summed E-state index contributed by atoms with van der Waals surface area (Å²) in [5.74, 6) is -0.247. The molecule has 1 aromatic heterocycles. The Kier molecular flexibility index (Phi) is 7.27. The molecule has 2 heterocycles. The van der Waals surface area contributed by atoms with Gasteiger partial charge in [-0.25, -0.2) is 9.37 Å². The number of thiazole rings is 1. The Hall–Kier alpha value is -2.19. The highest BCUT2D eigenvalue weighted by molar-refractivity contribution is 8.24. The summed E-state index contributed by atoms with van der Waals surface area (Å²) in [7, 11) is -2.46. The standard InChI is InChI=1S/C28H37FN4O3S2/c1-27(2,3)26-31-23(21-9-6-19(29)16-22(21)25(34)32-28(17-30)10-11-28)24(37-26)18-4-7-20(8-5-18)33-12-14-38(35,36)15-13-33/h4-5,7-8,19,21-22,35-36H,6,9-16H2,1-3H3,(H,32,34)/t19-,21+,22+/m0/s1. The molecule has 3 atom stereocenters. The molecule has 2 saturated carbocycles. The third-order valence-corrected chi connectivity index (χ3v) is 11.2. The number of carbonyl (C=O) groups excluding carboxylic acids is 1. The molecule has 7 nitrogen and oxygen atoms in total. The monoisotopic (exact) mass is 560 g/mol. The van der Waals surface area contributed by atoms with Crippen molar-refractivity contribution in [3.8, 4) is 16.5 Å². The molecule has 38 heavy (non-hydrogen) atoms. The first-order valence-corrected chi connectivity index (χ1v) is 16.1. The minimum Gasteiger partial charge on any atom is -0.368 e. The van der Waals surface area contributed by atoms with E-state index >= 15 is 0 Å². The second-order valence-corrected chi connectivity index (χ2v) is 15.5. The molecule has 0 spiro atoms. The van der Waals surface area contributed by atoms with Crippen LogP contribution in [-0.2, 0) is 10.2 Å². The van der Waals surface area contributed by atoms with E-state index in [1.807, 2.05) is 0 Å². The molecule has 0 radical (unpaired) electrons. The molecule has 1 aromatic carbocycles. The van der Waals surface area contributed by atoms with Crippen molar-refractivity contribution in [2.45, 2.75) is 75.9 Å². The number of halogens is 1. The summed E-state index contributed by atoms with van der Waals surface area (Å²) in [6, 6.07) is 10.5. The van der Waals surface area contributed by atoms with Crippen molar-refractivity contribution in [2.75, 3.05) is 29.5 Å². The molecule has 10 heteroatoms. The van der Waals surface area contributed by atoms with Gasteiger partial charge in [-0.05, 0) is 49.8 Å². The van der Waals surface area contributed by atoms with Crippen LogP contribution in [0.15, 0.2) is 24.3 Å². The van der Waals surface area contributed by atoms with Crippen LogP contribution in [-0.4, -0.2) is 56.3 Å². The van der Waals surface area contributed by atoms with Gasteiger partial charge in [0.2, 0.25) is 5.91 Å². The summed E-state index contributed by atoms with van der Waals surface area (Å²) in [6.45, 7) is 7.57. The van der Waals surface area contributed by atoms with Gasteiger partial charge >= 0.3 is 0 Å². The summed E-state index contributed by atoms with van der Waals surface area (Å²) in [5.41, 5.74) is 1.93. The topological polar surface area (TPSA) is 109 Å². The van der Waals surface area contributed by atoms with Crippen molar-refractivity contribution in [1.82, 2.24) is 10.3 Å². The van der Waals surface area contributed by atoms with Gasteiger partial charge in [-0.3, -0.25) is 13.9 Å². The number of anilines is 1. The molecule has 0 bridgehead atoms. The van der Waals surface area contributed by atoms with Gasteiger partial charge in [0.15, 0.2) is 0 Å². The Morgan fingerprint density at radius 2 is 1.87 bits per heavy atom. The third-order valence-electron chi connectivity index (χ3n) is 7.97. The van der Waals surface area contributed by atoms with E-state index in [1.54, 1.807) is 11.3 Å². The minimum atomic E-state index is -2.46. The zero-order valence-corrected chi connectivity index (χ0v) is 23.9. The van der Waals surface area contributed by atoms with Crippen molar-refractivity contribution < 1.29 is 18.3 Å². The van der Waals surface area contributed by atoms with E-state index in [0.29, 0.717) is 50.3 Å². The van der Waals surface area contributed by atoms with Crippen LogP contribution in [0, 0.1) is 17.2 Å². The van der Waals surface area contributed by atoms with Crippen LogP contribution in [0.25, 0.3) is 10.4 Å². The number of hydrogen-bond donors (Lipinski definition) is 3. The highest BCUT2D eigenvalue weighted by atomic mass is 32.3. The van der Waals surface area contributed by atoms with Crippen molar-refractivity contribution >= 4 is 33.5 Å². The fraction of sp³-hybridized carbons (Fsp3) is 0.607. The molecule has 1 amide bonds. The number of hydrogen-bond acceptors (Lipinski definition) is 7. The van der Waals surface area contributed by atoms with Crippen LogP contribution in [0.2, 0.25) is 0 Å².